The lowest BCUT2D eigenvalue weighted by molar-refractivity contribution is -0.116. The van der Waals surface area contributed by atoms with E-state index in [0.29, 0.717) is 34.9 Å². The first-order valence-corrected chi connectivity index (χ1v) is 8.01. The van der Waals surface area contributed by atoms with Crippen LogP contribution in [0.3, 0.4) is 0 Å². The number of carbonyl (C=O) groups excluding carboxylic acids is 2. The zero-order valence-corrected chi connectivity index (χ0v) is 14.6. The second kappa shape index (κ2) is 8.73. The third-order valence-corrected chi connectivity index (χ3v) is 3.54. The molecule has 0 fully saturated rings. The van der Waals surface area contributed by atoms with Crippen LogP contribution < -0.4 is 20.1 Å². The van der Waals surface area contributed by atoms with E-state index in [1.807, 2.05) is 6.92 Å². The molecule has 0 atom stereocenters. The molecule has 0 spiro atoms. The smallest absolute Gasteiger partial charge is 0.263 e. The van der Waals surface area contributed by atoms with Crippen LogP contribution in [-0.2, 0) is 4.79 Å². The van der Waals surface area contributed by atoms with E-state index in [0.717, 1.165) is 6.42 Å². The third kappa shape index (κ3) is 4.73. The molecule has 0 aliphatic carbocycles. The Morgan fingerprint density at radius 1 is 0.920 bits per heavy atom. The lowest BCUT2D eigenvalue weighted by Gasteiger charge is -2.13. The van der Waals surface area contributed by atoms with Crippen LogP contribution in [0.2, 0.25) is 0 Å². The summed E-state index contributed by atoms with van der Waals surface area (Å²) in [7, 11) is 2.99. The molecule has 132 valence electrons. The maximum Gasteiger partial charge on any atom is 0.263 e. The SMILES string of the molecule is CCCC(=O)Nc1cccc(NC(=O)c2c(OC)cccc2OC)c1. The summed E-state index contributed by atoms with van der Waals surface area (Å²) >= 11 is 0. The lowest BCUT2D eigenvalue weighted by Crippen LogP contribution is -2.15. The number of anilines is 2. The number of carbonyl (C=O) groups is 2. The zero-order valence-electron chi connectivity index (χ0n) is 14.6. The van der Waals surface area contributed by atoms with Gasteiger partial charge in [0.15, 0.2) is 0 Å². The first-order valence-electron chi connectivity index (χ1n) is 8.01. The summed E-state index contributed by atoms with van der Waals surface area (Å²) in [5.74, 6) is 0.428. The first-order chi connectivity index (χ1) is 12.1. The van der Waals surface area contributed by atoms with Gasteiger partial charge >= 0.3 is 0 Å². The van der Waals surface area contributed by atoms with E-state index in [1.54, 1.807) is 42.5 Å². The molecule has 0 aliphatic rings. The Labute approximate surface area is 147 Å². The fraction of sp³-hybridized carbons (Fsp3) is 0.263. The summed E-state index contributed by atoms with van der Waals surface area (Å²) < 4.78 is 10.5. The Kier molecular flexibility index (Phi) is 6.39. The van der Waals surface area contributed by atoms with E-state index >= 15 is 0 Å². The van der Waals surface area contributed by atoms with Crippen LogP contribution in [0.15, 0.2) is 42.5 Å². The average Bonchev–Trinajstić information content (AvgIpc) is 2.61. The Balaban J connectivity index is 2.20. The zero-order chi connectivity index (χ0) is 18.2. The highest BCUT2D eigenvalue weighted by atomic mass is 16.5. The van der Waals surface area contributed by atoms with E-state index in [-0.39, 0.29) is 11.8 Å². The van der Waals surface area contributed by atoms with E-state index < -0.39 is 0 Å². The van der Waals surface area contributed by atoms with Crippen LogP contribution >= 0.6 is 0 Å². The summed E-state index contributed by atoms with van der Waals surface area (Å²) in [6.07, 6.45) is 1.23. The number of hydrogen-bond acceptors (Lipinski definition) is 4. The van der Waals surface area contributed by atoms with E-state index in [1.165, 1.54) is 14.2 Å². The molecule has 0 saturated carbocycles. The molecule has 2 rings (SSSR count). The predicted octanol–water partition coefficient (Wildman–Crippen LogP) is 3.69. The minimum absolute atomic E-state index is 0.0580. The number of nitrogens with one attached hydrogen (secondary N) is 2. The van der Waals surface area contributed by atoms with Crippen LogP contribution in [0, 0.1) is 0 Å². The van der Waals surface area contributed by atoms with Gasteiger partial charge < -0.3 is 20.1 Å². The number of benzene rings is 2. The van der Waals surface area contributed by atoms with E-state index in [4.69, 9.17) is 9.47 Å². The van der Waals surface area contributed by atoms with Crippen LogP contribution in [0.25, 0.3) is 0 Å². The molecule has 0 saturated heterocycles. The third-order valence-electron chi connectivity index (χ3n) is 3.54. The number of methoxy groups -OCH3 is 2. The summed E-state index contributed by atoms with van der Waals surface area (Å²) in [6, 6.07) is 12.1. The molecule has 2 aromatic rings. The molecule has 2 aromatic carbocycles. The topological polar surface area (TPSA) is 76.7 Å². The minimum Gasteiger partial charge on any atom is -0.496 e. The van der Waals surface area contributed by atoms with Crippen molar-refractivity contribution in [2.75, 3.05) is 24.9 Å². The maximum atomic E-state index is 12.7. The minimum atomic E-state index is -0.355. The van der Waals surface area contributed by atoms with Crippen molar-refractivity contribution < 1.29 is 19.1 Å². The van der Waals surface area contributed by atoms with Crippen LogP contribution in [0.1, 0.15) is 30.1 Å². The highest BCUT2D eigenvalue weighted by Crippen LogP contribution is 2.29. The molecule has 25 heavy (non-hydrogen) atoms. The van der Waals surface area contributed by atoms with Crippen molar-refractivity contribution in [3.8, 4) is 11.5 Å². The Bertz CT molecular complexity index is 737. The monoisotopic (exact) mass is 342 g/mol. The van der Waals surface area contributed by atoms with Gasteiger partial charge in [-0.15, -0.1) is 0 Å². The molecule has 6 heteroatoms. The fourth-order valence-electron chi connectivity index (χ4n) is 2.39. The Hall–Kier alpha value is -3.02. The van der Waals surface area contributed by atoms with Crippen LogP contribution in [0.4, 0.5) is 11.4 Å². The summed E-state index contributed by atoms with van der Waals surface area (Å²) in [6.45, 7) is 1.94. The van der Waals surface area contributed by atoms with Gasteiger partial charge in [0.25, 0.3) is 5.91 Å². The van der Waals surface area contributed by atoms with Gasteiger partial charge in [-0.2, -0.15) is 0 Å². The molecule has 2 N–H and O–H groups in total. The van der Waals surface area contributed by atoms with Gasteiger partial charge in [-0.05, 0) is 36.8 Å². The van der Waals surface area contributed by atoms with Gasteiger partial charge in [-0.25, -0.2) is 0 Å². The van der Waals surface area contributed by atoms with Gasteiger partial charge in [0.05, 0.1) is 14.2 Å². The Morgan fingerprint density at radius 2 is 1.48 bits per heavy atom. The molecular formula is C19H22N2O4. The molecule has 6 nitrogen and oxygen atoms in total. The standard InChI is InChI=1S/C19H22N2O4/c1-4-7-17(22)20-13-8-5-9-14(12-13)21-19(23)18-15(24-2)10-6-11-16(18)25-3/h5-6,8-12H,4,7H2,1-3H3,(H,20,22)(H,21,23). The predicted molar refractivity (Wildman–Crippen MR) is 97.5 cm³/mol. The molecule has 0 heterocycles. The van der Waals surface area contributed by atoms with Gasteiger partial charge in [0, 0.05) is 17.8 Å². The maximum absolute atomic E-state index is 12.7. The van der Waals surface area contributed by atoms with E-state index in [2.05, 4.69) is 10.6 Å². The average molecular weight is 342 g/mol. The highest BCUT2D eigenvalue weighted by Gasteiger charge is 2.18. The first kappa shape index (κ1) is 18.3. The molecule has 0 radical (unpaired) electrons. The van der Waals surface area contributed by atoms with E-state index in [9.17, 15) is 9.59 Å². The number of ether oxygens (including phenoxy) is 2. The lowest BCUT2D eigenvalue weighted by atomic mass is 10.1. The van der Waals surface area contributed by atoms with Crippen molar-refractivity contribution in [3.63, 3.8) is 0 Å². The summed E-state index contributed by atoms with van der Waals surface area (Å²) in [5, 5.41) is 5.60. The number of rotatable bonds is 7. The normalized spacial score (nSPS) is 10.0. The highest BCUT2D eigenvalue weighted by molar-refractivity contribution is 6.08. The summed E-state index contributed by atoms with van der Waals surface area (Å²) in [5.41, 5.74) is 1.50. The molecule has 0 aromatic heterocycles. The second-order valence-corrected chi connectivity index (χ2v) is 5.37. The molecule has 0 unspecified atom stereocenters. The fourth-order valence-corrected chi connectivity index (χ4v) is 2.39. The Morgan fingerprint density at radius 3 is 2.04 bits per heavy atom. The number of amides is 2. The molecule has 0 bridgehead atoms. The van der Waals surface area contributed by atoms with Crippen molar-refractivity contribution in [2.24, 2.45) is 0 Å². The van der Waals surface area contributed by atoms with Crippen molar-refractivity contribution >= 4 is 23.2 Å². The molecule has 2 amide bonds. The molecular weight excluding hydrogens is 320 g/mol. The second-order valence-electron chi connectivity index (χ2n) is 5.37. The van der Waals surface area contributed by atoms with Crippen LogP contribution in [-0.4, -0.2) is 26.0 Å². The van der Waals surface area contributed by atoms with Crippen molar-refractivity contribution in [2.45, 2.75) is 19.8 Å². The van der Waals surface area contributed by atoms with Gasteiger partial charge in [-0.3, -0.25) is 9.59 Å². The van der Waals surface area contributed by atoms with Crippen molar-refractivity contribution in [3.05, 3.63) is 48.0 Å². The van der Waals surface area contributed by atoms with Gasteiger partial charge in [-0.1, -0.05) is 19.1 Å². The van der Waals surface area contributed by atoms with Crippen molar-refractivity contribution in [1.82, 2.24) is 0 Å². The number of hydrogen-bond donors (Lipinski definition) is 2. The van der Waals surface area contributed by atoms with Crippen LogP contribution in [0.5, 0.6) is 11.5 Å². The van der Waals surface area contributed by atoms with Crippen molar-refractivity contribution in [1.29, 1.82) is 0 Å². The van der Waals surface area contributed by atoms with Gasteiger partial charge in [0.1, 0.15) is 17.1 Å². The summed E-state index contributed by atoms with van der Waals surface area (Å²) in [4.78, 5) is 24.4. The largest absolute Gasteiger partial charge is 0.496 e. The molecule has 0 aliphatic heterocycles. The quantitative estimate of drug-likeness (QED) is 0.804. The van der Waals surface area contributed by atoms with Gasteiger partial charge in [0.2, 0.25) is 5.91 Å².